The molecule has 11 heavy (non-hydrogen) atoms. The summed E-state index contributed by atoms with van der Waals surface area (Å²) in [7, 11) is 0. The van der Waals surface area contributed by atoms with Gasteiger partial charge in [-0.3, -0.25) is 0 Å². The molecule has 0 atom stereocenters. The third-order valence-corrected chi connectivity index (χ3v) is 1.35. The van der Waals surface area contributed by atoms with Crippen LogP contribution >= 0.6 is 0 Å². The largest absolute Gasteiger partial charge is 0.458 e. The van der Waals surface area contributed by atoms with Crippen LogP contribution in [0.5, 0.6) is 11.5 Å². The van der Waals surface area contributed by atoms with E-state index in [0.717, 1.165) is 0 Å². The zero-order chi connectivity index (χ0) is 7.68. The van der Waals surface area contributed by atoms with E-state index >= 15 is 0 Å². The van der Waals surface area contributed by atoms with Gasteiger partial charge in [0.25, 0.3) is 0 Å². The molecule has 2 rings (SSSR count). The van der Waals surface area contributed by atoms with Gasteiger partial charge >= 0.3 is 0 Å². The molecule has 0 N–H and O–H groups in total. The first-order valence-electron chi connectivity index (χ1n) is 3.14. The lowest BCUT2D eigenvalue weighted by Gasteiger charge is -2.10. The maximum absolute atomic E-state index is 12.5. The molecule has 2 nitrogen and oxygen atoms in total. The Balaban J connectivity index is 2.48. The number of hydrogen-bond donors (Lipinski definition) is 0. The molecule has 1 heterocycles. The van der Waals surface area contributed by atoms with Crippen molar-refractivity contribution in [1.29, 1.82) is 0 Å². The Morgan fingerprint density at radius 3 is 2.55 bits per heavy atom. The minimum atomic E-state index is -0.331. The van der Waals surface area contributed by atoms with E-state index in [2.05, 4.69) is 0 Å². The second-order valence-corrected chi connectivity index (χ2v) is 2.10. The van der Waals surface area contributed by atoms with Crippen LogP contribution in [0, 0.1) is 5.82 Å². The Morgan fingerprint density at radius 2 is 1.73 bits per heavy atom. The van der Waals surface area contributed by atoms with Gasteiger partial charge in [-0.1, -0.05) is 0 Å². The first-order chi connectivity index (χ1) is 5.36. The second-order valence-electron chi connectivity index (χ2n) is 2.10. The van der Waals surface area contributed by atoms with Crippen LogP contribution in [-0.4, -0.2) is 0 Å². The van der Waals surface area contributed by atoms with Crippen LogP contribution in [0.3, 0.4) is 0 Å². The minimum Gasteiger partial charge on any atom is -0.458 e. The van der Waals surface area contributed by atoms with Crippen LogP contribution in [-0.2, 0) is 0 Å². The molecular weight excluding hydrogens is 147 g/mol. The molecule has 0 aliphatic carbocycles. The molecule has 0 bridgehead atoms. The van der Waals surface area contributed by atoms with Crippen LogP contribution in [0.25, 0.3) is 0 Å². The topological polar surface area (TPSA) is 18.5 Å². The fourth-order valence-electron chi connectivity index (χ4n) is 0.874. The molecule has 0 radical (unpaired) electrons. The third kappa shape index (κ3) is 1.05. The summed E-state index contributed by atoms with van der Waals surface area (Å²) in [5.41, 5.74) is 0. The van der Waals surface area contributed by atoms with E-state index in [4.69, 9.17) is 9.47 Å². The molecule has 1 aliphatic heterocycles. The van der Waals surface area contributed by atoms with Crippen LogP contribution in [0.4, 0.5) is 4.39 Å². The highest BCUT2D eigenvalue weighted by atomic mass is 19.1. The summed E-state index contributed by atoms with van der Waals surface area (Å²) in [5.74, 6) is 0.615. The molecule has 3 heteroatoms. The summed E-state index contributed by atoms with van der Waals surface area (Å²) in [6.45, 7) is 0. The van der Waals surface area contributed by atoms with Crippen molar-refractivity contribution in [3.63, 3.8) is 0 Å². The SMILES string of the molecule is Fc1ccc2c(c1)OC=CO2. The molecule has 0 unspecified atom stereocenters. The predicted octanol–water partition coefficient (Wildman–Crippen LogP) is 2.07. The molecule has 1 aliphatic rings. The lowest BCUT2D eigenvalue weighted by molar-refractivity contribution is 0.359. The van der Waals surface area contributed by atoms with Gasteiger partial charge in [0.15, 0.2) is 11.5 Å². The van der Waals surface area contributed by atoms with E-state index in [1.165, 1.54) is 30.7 Å². The molecular formula is C8H5FO2. The second kappa shape index (κ2) is 2.27. The van der Waals surface area contributed by atoms with E-state index in [1.54, 1.807) is 0 Å². The first-order valence-corrected chi connectivity index (χ1v) is 3.14. The average molecular weight is 152 g/mol. The molecule has 0 fully saturated rings. The van der Waals surface area contributed by atoms with Crippen molar-refractivity contribution < 1.29 is 13.9 Å². The molecule has 56 valence electrons. The van der Waals surface area contributed by atoms with Gasteiger partial charge in [-0.25, -0.2) is 4.39 Å². The third-order valence-electron chi connectivity index (χ3n) is 1.35. The van der Waals surface area contributed by atoms with Crippen molar-refractivity contribution in [3.05, 3.63) is 36.5 Å². The van der Waals surface area contributed by atoms with Gasteiger partial charge in [0.05, 0.1) is 0 Å². The number of ether oxygens (including phenoxy) is 2. The first kappa shape index (κ1) is 6.22. The fourth-order valence-corrected chi connectivity index (χ4v) is 0.874. The molecule has 0 saturated heterocycles. The van der Waals surface area contributed by atoms with Crippen molar-refractivity contribution in [1.82, 2.24) is 0 Å². The van der Waals surface area contributed by atoms with Crippen molar-refractivity contribution in [2.24, 2.45) is 0 Å². The summed E-state index contributed by atoms with van der Waals surface area (Å²) in [5, 5.41) is 0. The van der Waals surface area contributed by atoms with E-state index in [9.17, 15) is 4.39 Å². The van der Waals surface area contributed by atoms with Crippen molar-refractivity contribution >= 4 is 0 Å². The summed E-state index contributed by atoms with van der Waals surface area (Å²) in [6.07, 6.45) is 2.77. The quantitative estimate of drug-likeness (QED) is 0.566. The molecule has 0 spiro atoms. The summed E-state index contributed by atoms with van der Waals surface area (Å²) >= 11 is 0. The number of benzene rings is 1. The maximum atomic E-state index is 12.5. The van der Waals surface area contributed by atoms with Crippen LogP contribution in [0.15, 0.2) is 30.7 Å². The summed E-state index contributed by atoms with van der Waals surface area (Å²) in [4.78, 5) is 0. The van der Waals surface area contributed by atoms with Gasteiger partial charge in [-0.2, -0.15) is 0 Å². The number of fused-ring (bicyclic) bond motifs is 1. The van der Waals surface area contributed by atoms with Crippen LogP contribution in [0.1, 0.15) is 0 Å². The maximum Gasteiger partial charge on any atom is 0.172 e. The highest BCUT2D eigenvalue weighted by Crippen LogP contribution is 2.30. The standard InChI is InChI=1S/C8H5FO2/c9-6-1-2-7-8(5-6)11-4-3-10-7/h1-5H. The van der Waals surface area contributed by atoms with Gasteiger partial charge in [0, 0.05) is 6.07 Å². The van der Waals surface area contributed by atoms with E-state index in [1.807, 2.05) is 0 Å². The van der Waals surface area contributed by atoms with E-state index < -0.39 is 0 Å². The van der Waals surface area contributed by atoms with E-state index in [-0.39, 0.29) is 5.82 Å². The van der Waals surface area contributed by atoms with Gasteiger partial charge in [-0.15, -0.1) is 0 Å². The number of hydrogen-bond acceptors (Lipinski definition) is 2. The minimum absolute atomic E-state index is 0.331. The van der Waals surface area contributed by atoms with Crippen molar-refractivity contribution in [2.45, 2.75) is 0 Å². The van der Waals surface area contributed by atoms with Gasteiger partial charge in [-0.05, 0) is 12.1 Å². The monoisotopic (exact) mass is 152 g/mol. The number of rotatable bonds is 0. The van der Waals surface area contributed by atoms with Gasteiger partial charge in [0.2, 0.25) is 0 Å². The Morgan fingerprint density at radius 1 is 1.00 bits per heavy atom. The van der Waals surface area contributed by atoms with Gasteiger partial charge in [0.1, 0.15) is 18.3 Å². The van der Waals surface area contributed by atoms with Crippen LogP contribution < -0.4 is 9.47 Å². The highest BCUT2D eigenvalue weighted by Gasteiger charge is 2.07. The molecule has 0 saturated carbocycles. The molecule has 0 amide bonds. The normalized spacial score (nSPS) is 13.2. The summed E-state index contributed by atoms with van der Waals surface area (Å²) in [6, 6.07) is 4.12. The molecule has 1 aromatic rings. The Labute approximate surface area is 62.9 Å². The fraction of sp³-hybridized carbons (Fsp3) is 0. The van der Waals surface area contributed by atoms with Gasteiger partial charge < -0.3 is 9.47 Å². The predicted molar refractivity (Wildman–Crippen MR) is 36.8 cm³/mol. The molecule has 0 aromatic heterocycles. The highest BCUT2D eigenvalue weighted by molar-refractivity contribution is 5.42. The van der Waals surface area contributed by atoms with Crippen LogP contribution in [0.2, 0.25) is 0 Å². The lowest BCUT2D eigenvalue weighted by Crippen LogP contribution is -1.95. The zero-order valence-electron chi connectivity index (χ0n) is 5.58. The number of halogens is 1. The Hall–Kier alpha value is -1.51. The molecule has 1 aromatic carbocycles. The lowest BCUT2D eigenvalue weighted by atomic mass is 10.3. The average Bonchev–Trinajstić information content (AvgIpc) is 2.04. The summed E-state index contributed by atoms with van der Waals surface area (Å²) < 4.78 is 22.5. The smallest absolute Gasteiger partial charge is 0.172 e. The Kier molecular flexibility index (Phi) is 1.28. The van der Waals surface area contributed by atoms with E-state index in [0.29, 0.717) is 11.5 Å². The Bertz CT molecular complexity index is 307. The van der Waals surface area contributed by atoms with Crippen molar-refractivity contribution in [3.8, 4) is 11.5 Å². The van der Waals surface area contributed by atoms with Crippen molar-refractivity contribution in [2.75, 3.05) is 0 Å². The zero-order valence-corrected chi connectivity index (χ0v) is 5.58.